The molecular weight excluding hydrogens is 502 g/mol. The second-order valence-corrected chi connectivity index (χ2v) is 9.70. The van der Waals surface area contributed by atoms with Crippen LogP contribution in [-0.2, 0) is 20.9 Å². The monoisotopic (exact) mass is 531 g/mol. The van der Waals surface area contributed by atoms with Crippen LogP contribution in [0.15, 0.2) is 54.4 Å². The average molecular weight is 532 g/mol. The molecular formula is C27H29N7O5. The number of aromatic nitrogens is 5. The van der Waals surface area contributed by atoms with Crippen LogP contribution in [0.2, 0.25) is 0 Å². The quantitative estimate of drug-likeness (QED) is 0.380. The number of amides is 1. The van der Waals surface area contributed by atoms with Gasteiger partial charge in [0.1, 0.15) is 25.0 Å². The molecule has 1 fully saturated rings. The van der Waals surface area contributed by atoms with Gasteiger partial charge in [-0.3, -0.25) is 9.78 Å². The summed E-state index contributed by atoms with van der Waals surface area (Å²) in [6, 6.07) is 11.0. The largest absolute Gasteiger partial charge is 0.470 e. The van der Waals surface area contributed by atoms with Gasteiger partial charge in [-0.05, 0) is 38.1 Å². The van der Waals surface area contributed by atoms with Crippen LogP contribution in [-0.4, -0.2) is 74.6 Å². The van der Waals surface area contributed by atoms with Crippen LogP contribution in [0.4, 0.5) is 0 Å². The summed E-state index contributed by atoms with van der Waals surface area (Å²) in [5.74, 6) is 1.57. The van der Waals surface area contributed by atoms with Crippen LogP contribution in [0.5, 0.6) is 5.88 Å². The molecule has 0 bridgehead atoms. The summed E-state index contributed by atoms with van der Waals surface area (Å²) in [5.41, 5.74) is 4.74. The lowest BCUT2D eigenvalue weighted by atomic mass is 10.1. The number of morpholine rings is 1. The molecule has 0 saturated carbocycles. The van der Waals surface area contributed by atoms with Crippen molar-refractivity contribution in [2.75, 3.05) is 26.8 Å². The number of methoxy groups -OCH3 is 1. The van der Waals surface area contributed by atoms with Gasteiger partial charge in [-0.2, -0.15) is 4.52 Å². The SMILES string of the molecule is COCC1=CC(c2nnc3c4ccccc4c(OCc4ccc(C(=O)N5CC(C)OC(C)C5)cn4)nn23)NO1. The Morgan fingerprint density at radius 2 is 1.87 bits per heavy atom. The molecule has 1 saturated heterocycles. The van der Waals surface area contributed by atoms with Crippen molar-refractivity contribution >= 4 is 22.3 Å². The molecule has 12 heteroatoms. The molecule has 12 nitrogen and oxygen atoms in total. The van der Waals surface area contributed by atoms with Gasteiger partial charge >= 0.3 is 0 Å². The molecule has 39 heavy (non-hydrogen) atoms. The lowest BCUT2D eigenvalue weighted by Gasteiger charge is -2.35. The van der Waals surface area contributed by atoms with Crippen LogP contribution in [0.25, 0.3) is 16.4 Å². The Hall–Kier alpha value is -4.13. The highest BCUT2D eigenvalue weighted by Crippen LogP contribution is 2.29. The van der Waals surface area contributed by atoms with Crippen molar-refractivity contribution in [1.29, 1.82) is 0 Å². The number of fused-ring (bicyclic) bond motifs is 3. The minimum Gasteiger partial charge on any atom is -0.470 e. The summed E-state index contributed by atoms with van der Waals surface area (Å²) < 4.78 is 18.7. The predicted molar refractivity (Wildman–Crippen MR) is 140 cm³/mol. The van der Waals surface area contributed by atoms with E-state index in [0.29, 0.717) is 54.1 Å². The molecule has 1 N–H and O–H groups in total. The van der Waals surface area contributed by atoms with Crippen molar-refractivity contribution in [2.45, 2.75) is 38.7 Å². The maximum absolute atomic E-state index is 13.0. The fourth-order valence-electron chi connectivity index (χ4n) is 4.91. The van der Waals surface area contributed by atoms with Gasteiger partial charge in [0.2, 0.25) is 5.88 Å². The van der Waals surface area contributed by atoms with E-state index in [1.807, 2.05) is 49.1 Å². The first kappa shape index (κ1) is 25.2. The highest BCUT2D eigenvalue weighted by molar-refractivity contribution is 5.96. The smallest absolute Gasteiger partial charge is 0.255 e. The van der Waals surface area contributed by atoms with Gasteiger partial charge in [0.05, 0.1) is 23.5 Å². The Balaban J connectivity index is 1.23. The lowest BCUT2D eigenvalue weighted by Crippen LogP contribution is -2.48. The van der Waals surface area contributed by atoms with E-state index in [9.17, 15) is 4.79 Å². The van der Waals surface area contributed by atoms with Crippen LogP contribution in [0.1, 0.15) is 41.8 Å². The molecule has 2 aliphatic rings. The van der Waals surface area contributed by atoms with E-state index >= 15 is 0 Å². The Morgan fingerprint density at radius 3 is 2.62 bits per heavy atom. The van der Waals surface area contributed by atoms with Crippen molar-refractivity contribution in [1.82, 2.24) is 35.2 Å². The van der Waals surface area contributed by atoms with Crippen molar-refractivity contribution in [3.63, 3.8) is 0 Å². The molecule has 1 aromatic carbocycles. The van der Waals surface area contributed by atoms with Gasteiger partial charge in [-0.1, -0.05) is 18.2 Å². The number of nitrogens with one attached hydrogen (secondary N) is 1. The van der Waals surface area contributed by atoms with E-state index < -0.39 is 0 Å². The molecule has 4 aromatic rings. The minimum atomic E-state index is -0.351. The number of pyridine rings is 1. The number of carbonyl (C=O) groups is 1. The van der Waals surface area contributed by atoms with Gasteiger partial charge in [-0.15, -0.1) is 20.8 Å². The third-order valence-corrected chi connectivity index (χ3v) is 6.62. The van der Waals surface area contributed by atoms with E-state index in [-0.39, 0.29) is 30.8 Å². The molecule has 0 spiro atoms. The van der Waals surface area contributed by atoms with Gasteiger partial charge in [-0.25, -0.2) is 0 Å². The fraction of sp³-hybridized carbons (Fsp3) is 0.370. The zero-order chi connectivity index (χ0) is 26.9. The topological polar surface area (TPSA) is 125 Å². The van der Waals surface area contributed by atoms with Crippen LogP contribution >= 0.6 is 0 Å². The first-order chi connectivity index (χ1) is 19.0. The number of benzene rings is 1. The normalized spacial score (nSPS) is 21.3. The first-order valence-electron chi connectivity index (χ1n) is 12.8. The van der Waals surface area contributed by atoms with E-state index in [0.717, 1.165) is 10.8 Å². The molecule has 3 atom stereocenters. The number of carbonyl (C=O) groups excluding carboxylic acids is 1. The van der Waals surface area contributed by atoms with Crippen molar-refractivity contribution < 1.29 is 23.8 Å². The Bertz CT molecular complexity index is 1530. The zero-order valence-corrected chi connectivity index (χ0v) is 21.9. The van der Waals surface area contributed by atoms with E-state index in [1.165, 1.54) is 0 Å². The number of hydroxylamine groups is 1. The van der Waals surface area contributed by atoms with E-state index in [4.69, 9.17) is 24.1 Å². The maximum Gasteiger partial charge on any atom is 0.255 e. The summed E-state index contributed by atoms with van der Waals surface area (Å²) in [6.07, 6.45) is 3.48. The Kier molecular flexibility index (Phi) is 6.81. The second-order valence-electron chi connectivity index (χ2n) is 9.70. The summed E-state index contributed by atoms with van der Waals surface area (Å²) in [4.78, 5) is 24.7. The Morgan fingerprint density at radius 1 is 1.08 bits per heavy atom. The van der Waals surface area contributed by atoms with Crippen LogP contribution in [0, 0.1) is 0 Å². The summed E-state index contributed by atoms with van der Waals surface area (Å²) >= 11 is 0. The minimum absolute atomic E-state index is 0.00427. The van der Waals surface area contributed by atoms with E-state index in [2.05, 4.69) is 20.7 Å². The molecule has 0 aliphatic carbocycles. The van der Waals surface area contributed by atoms with Crippen molar-refractivity contribution in [2.24, 2.45) is 0 Å². The third-order valence-electron chi connectivity index (χ3n) is 6.62. The van der Waals surface area contributed by atoms with Crippen LogP contribution in [0.3, 0.4) is 0 Å². The number of hydrogen-bond donors (Lipinski definition) is 1. The third kappa shape index (κ3) is 5.01. The highest BCUT2D eigenvalue weighted by Gasteiger charge is 2.27. The molecule has 0 radical (unpaired) electrons. The molecule has 3 unspecified atom stereocenters. The van der Waals surface area contributed by atoms with Crippen molar-refractivity contribution in [3.8, 4) is 5.88 Å². The number of ether oxygens (including phenoxy) is 3. The molecule has 2 aliphatic heterocycles. The van der Waals surface area contributed by atoms with Gasteiger partial charge in [0.25, 0.3) is 5.91 Å². The van der Waals surface area contributed by atoms with Crippen LogP contribution < -0.4 is 10.2 Å². The molecule has 3 aromatic heterocycles. The standard InChI is InChI=1S/C27H29N7O5/c1-16-12-33(13-17(2)38-16)27(35)18-8-9-19(28-11-18)14-37-26-22-7-5-4-6-21(22)24-29-30-25(34(24)31-26)23-10-20(15-36-3)39-32-23/h4-11,16-17,23,32H,12-15H2,1-3H3. The number of hydrogen-bond acceptors (Lipinski definition) is 10. The predicted octanol–water partition coefficient (Wildman–Crippen LogP) is 2.61. The van der Waals surface area contributed by atoms with E-state index in [1.54, 1.807) is 30.0 Å². The van der Waals surface area contributed by atoms with Gasteiger partial charge in [0.15, 0.2) is 11.5 Å². The molecule has 5 heterocycles. The summed E-state index contributed by atoms with van der Waals surface area (Å²) in [7, 11) is 1.60. The zero-order valence-electron chi connectivity index (χ0n) is 21.9. The highest BCUT2D eigenvalue weighted by atomic mass is 16.7. The lowest BCUT2D eigenvalue weighted by molar-refractivity contribution is -0.0586. The molecule has 1 amide bonds. The summed E-state index contributed by atoms with van der Waals surface area (Å²) in [5, 5.41) is 15.1. The number of rotatable bonds is 7. The number of nitrogens with zero attached hydrogens (tertiary/aromatic N) is 6. The second kappa shape index (κ2) is 10.6. The van der Waals surface area contributed by atoms with Gasteiger partial charge < -0.3 is 23.9 Å². The van der Waals surface area contributed by atoms with Gasteiger partial charge in [0, 0.05) is 37.2 Å². The molecule has 6 rings (SSSR count). The first-order valence-corrected chi connectivity index (χ1v) is 12.8. The fourth-order valence-corrected chi connectivity index (χ4v) is 4.91. The average Bonchev–Trinajstić information content (AvgIpc) is 3.58. The van der Waals surface area contributed by atoms with Crippen molar-refractivity contribution in [3.05, 3.63) is 71.5 Å². The molecule has 202 valence electrons. The Labute approximate surface area is 224 Å². The maximum atomic E-state index is 13.0. The summed E-state index contributed by atoms with van der Waals surface area (Å²) in [6.45, 7) is 5.58.